The van der Waals surface area contributed by atoms with Gasteiger partial charge in [0.05, 0.1) is 18.5 Å². The summed E-state index contributed by atoms with van der Waals surface area (Å²) in [5.74, 6) is -1.54. The van der Waals surface area contributed by atoms with E-state index in [9.17, 15) is 17.6 Å². The third kappa shape index (κ3) is 3.10. The van der Waals surface area contributed by atoms with Crippen molar-refractivity contribution in [2.75, 3.05) is 17.6 Å². The lowest BCUT2D eigenvalue weighted by atomic mass is 10.3. The van der Waals surface area contributed by atoms with Crippen LogP contribution in [0.25, 0.3) is 0 Å². The SMILES string of the molecule is COC(=O)C(C)S(=O)(=O)Nc1ccc(F)c(N)c1. The van der Waals surface area contributed by atoms with Crippen molar-refractivity contribution in [1.29, 1.82) is 0 Å². The second-order valence-corrected chi connectivity index (χ2v) is 5.55. The first-order valence-corrected chi connectivity index (χ1v) is 6.47. The summed E-state index contributed by atoms with van der Waals surface area (Å²) < 4.78 is 42.9. The van der Waals surface area contributed by atoms with Crippen molar-refractivity contribution in [3.8, 4) is 0 Å². The Morgan fingerprint density at radius 1 is 1.50 bits per heavy atom. The molecule has 0 amide bonds. The third-order valence-electron chi connectivity index (χ3n) is 2.25. The largest absolute Gasteiger partial charge is 0.468 e. The molecule has 8 heteroatoms. The zero-order valence-electron chi connectivity index (χ0n) is 9.81. The van der Waals surface area contributed by atoms with Crippen LogP contribution in [0.1, 0.15) is 6.92 Å². The summed E-state index contributed by atoms with van der Waals surface area (Å²) in [6.45, 7) is 1.18. The standard InChI is InChI=1S/C10H13FN2O4S/c1-6(10(14)17-2)18(15,16)13-7-3-4-8(11)9(12)5-7/h3-6,13H,12H2,1-2H3. The summed E-state index contributed by atoms with van der Waals surface area (Å²) in [6.07, 6.45) is 0. The molecule has 1 unspecified atom stereocenters. The molecule has 0 spiro atoms. The fourth-order valence-corrected chi connectivity index (χ4v) is 2.13. The maximum atomic E-state index is 12.9. The molecule has 0 saturated carbocycles. The number of nitrogens with two attached hydrogens (primary N) is 1. The van der Waals surface area contributed by atoms with Gasteiger partial charge in [-0.15, -0.1) is 0 Å². The molecule has 0 aliphatic heterocycles. The van der Waals surface area contributed by atoms with E-state index >= 15 is 0 Å². The van der Waals surface area contributed by atoms with E-state index in [1.54, 1.807) is 0 Å². The first-order valence-electron chi connectivity index (χ1n) is 4.92. The van der Waals surface area contributed by atoms with Crippen LogP contribution in [0, 0.1) is 5.82 Å². The van der Waals surface area contributed by atoms with E-state index in [2.05, 4.69) is 9.46 Å². The van der Waals surface area contributed by atoms with Gasteiger partial charge in [-0.3, -0.25) is 9.52 Å². The molecule has 0 radical (unpaired) electrons. The number of benzene rings is 1. The van der Waals surface area contributed by atoms with Gasteiger partial charge >= 0.3 is 5.97 Å². The van der Waals surface area contributed by atoms with Crippen molar-refractivity contribution in [3.05, 3.63) is 24.0 Å². The first kappa shape index (κ1) is 14.2. The smallest absolute Gasteiger partial charge is 0.325 e. The Morgan fingerprint density at radius 2 is 2.11 bits per heavy atom. The number of carbonyl (C=O) groups excluding carboxylic acids is 1. The lowest BCUT2D eigenvalue weighted by Gasteiger charge is -2.13. The molecule has 0 aliphatic carbocycles. The van der Waals surface area contributed by atoms with Crippen LogP contribution >= 0.6 is 0 Å². The zero-order chi connectivity index (χ0) is 13.9. The second-order valence-electron chi connectivity index (χ2n) is 3.55. The summed E-state index contributed by atoms with van der Waals surface area (Å²) in [4.78, 5) is 11.1. The predicted molar refractivity (Wildman–Crippen MR) is 64.8 cm³/mol. The monoisotopic (exact) mass is 276 g/mol. The molecule has 0 fully saturated rings. The van der Waals surface area contributed by atoms with Crippen LogP contribution in [0.3, 0.4) is 0 Å². The first-order chi connectivity index (χ1) is 8.27. The van der Waals surface area contributed by atoms with E-state index in [4.69, 9.17) is 5.73 Å². The van der Waals surface area contributed by atoms with Crippen molar-refractivity contribution in [2.45, 2.75) is 12.2 Å². The van der Waals surface area contributed by atoms with E-state index in [1.807, 2.05) is 0 Å². The molecule has 0 bridgehead atoms. The van der Waals surface area contributed by atoms with Gasteiger partial charge in [0.25, 0.3) is 0 Å². The molecule has 3 N–H and O–H groups in total. The number of ether oxygens (including phenoxy) is 1. The summed E-state index contributed by atoms with van der Waals surface area (Å²) in [6, 6.07) is 3.35. The minimum Gasteiger partial charge on any atom is -0.468 e. The number of anilines is 2. The Kier molecular flexibility index (Phi) is 4.12. The fraction of sp³-hybridized carbons (Fsp3) is 0.300. The van der Waals surface area contributed by atoms with E-state index in [1.165, 1.54) is 13.0 Å². The molecular formula is C10H13FN2O4S. The lowest BCUT2D eigenvalue weighted by Crippen LogP contribution is -2.33. The zero-order valence-corrected chi connectivity index (χ0v) is 10.6. The van der Waals surface area contributed by atoms with Crippen LogP contribution in [0.2, 0.25) is 0 Å². The molecule has 1 atom stereocenters. The molecule has 0 aromatic heterocycles. The normalized spacial score (nSPS) is 12.8. The molecule has 18 heavy (non-hydrogen) atoms. The molecule has 0 aliphatic rings. The second kappa shape index (κ2) is 5.21. The number of hydrogen-bond acceptors (Lipinski definition) is 5. The highest BCUT2D eigenvalue weighted by Gasteiger charge is 2.28. The van der Waals surface area contributed by atoms with E-state index < -0.39 is 27.1 Å². The van der Waals surface area contributed by atoms with E-state index in [-0.39, 0.29) is 11.4 Å². The number of nitrogen functional groups attached to an aromatic ring is 1. The molecule has 0 heterocycles. The van der Waals surface area contributed by atoms with Gasteiger partial charge < -0.3 is 10.5 Å². The van der Waals surface area contributed by atoms with Gasteiger partial charge in [0, 0.05) is 0 Å². The topological polar surface area (TPSA) is 98.5 Å². The maximum Gasteiger partial charge on any atom is 0.325 e. The number of halogens is 1. The minimum absolute atomic E-state index is 0.0738. The number of esters is 1. The highest BCUT2D eigenvalue weighted by Crippen LogP contribution is 2.18. The Balaban J connectivity index is 2.95. The number of hydrogen-bond donors (Lipinski definition) is 2. The highest BCUT2D eigenvalue weighted by atomic mass is 32.2. The third-order valence-corrected chi connectivity index (χ3v) is 3.90. The van der Waals surface area contributed by atoms with Crippen LogP contribution in [-0.2, 0) is 19.6 Å². The van der Waals surface area contributed by atoms with Crippen molar-refractivity contribution in [3.63, 3.8) is 0 Å². The summed E-state index contributed by atoms with van der Waals surface area (Å²) in [5.41, 5.74) is 5.18. The summed E-state index contributed by atoms with van der Waals surface area (Å²) in [7, 11) is -2.87. The Labute approximate surface area is 104 Å². The molecule has 0 saturated heterocycles. The van der Waals surface area contributed by atoms with Gasteiger partial charge in [-0.2, -0.15) is 0 Å². The summed E-state index contributed by atoms with van der Waals surface area (Å²) in [5, 5.41) is -1.38. The van der Waals surface area contributed by atoms with Gasteiger partial charge in [0.15, 0.2) is 5.25 Å². The van der Waals surface area contributed by atoms with Crippen LogP contribution in [0.15, 0.2) is 18.2 Å². The highest BCUT2D eigenvalue weighted by molar-refractivity contribution is 7.94. The van der Waals surface area contributed by atoms with Gasteiger partial charge in [0.1, 0.15) is 5.82 Å². The van der Waals surface area contributed by atoms with Gasteiger partial charge in [-0.05, 0) is 25.1 Å². The quantitative estimate of drug-likeness (QED) is 0.623. The predicted octanol–water partition coefficient (Wildman–Crippen LogP) is 0.711. The van der Waals surface area contributed by atoms with Crippen LogP contribution in [-0.4, -0.2) is 26.7 Å². The Bertz CT molecular complexity index is 559. The van der Waals surface area contributed by atoms with Crippen molar-refractivity contribution >= 4 is 27.4 Å². The molecule has 100 valence electrons. The number of rotatable bonds is 4. The van der Waals surface area contributed by atoms with E-state index in [0.717, 1.165) is 19.2 Å². The summed E-state index contributed by atoms with van der Waals surface area (Å²) >= 11 is 0. The average molecular weight is 276 g/mol. The minimum atomic E-state index is -3.96. The average Bonchev–Trinajstić information content (AvgIpc) is 2.31. The molecule has 1 rings (SSSR count). The van der Waals surface area contributed by atoms with Crippen molar-refractivity contribution in [1.82, 2.24) is 0 Å². The fourth-order valence-electron chi connectivity index (χ4n) is 1.15. The van der Waals surface area contributed by atoms with Crippen molar-refractivity contribution < 1.29 is 22.3 Å². The van der Waals surface area contributed by atoms with Crippen molar-refractivity contribution in [2.24, 2.45) is 0 Å². The number of nitrogens with one attached hydrogen (secondary N) is 1. The van der Waals surface area contributed by atoms with Gasteiger partial charge in [-0.1, -0.05) is 0 Å². The molecular weight excluding hydrogens is 263 g/mol. The van der Waals surface area contributed by atoms with Gasteiger partial charge in [0.2, 0.25) is 10.0 Å². The van der Waals surface area contributed by atoms with Crippen LogP contribution in [0.4, 0.5) is 15.8 Å². The number of sulfonamides is 1. The maximum absolute atomic E-state index is 12.9. The van der Waals surface area contributed by atoms with Gasteiger partial charge in [-0.25, -0.2) is 12.8 Å². The number of methoxy groups -OCH3 is 1. The van der Waals surface area contributed by atoms with Crippen LogP contribution in [0.5, 0.6) is 0 Å². The lowest BCUT2D eigenvalue weighted by molar-refractivity contribution is -0.139. The Hall–Kier alpha value is -1.83. The van der Waals surface area contributed by atoms with Crippen LogP contribution < -0.4 is 10.5 Å². The molecule has 1 aromatic rings. The molecule has 6 nitrogen and oxygen atoms in total. The molecule has 1 aromatic carbocycles. The van der Waals surface area contributed by atoms with E-state index in [0.29, 0.717) is 0 Å². The number of carbonyl (C=O) groups is 1. The Morgan fingerprint density at radius 3 is 2.61 bits per heavy atom.